The lowest BCUT2D eigenvalue weighted by Gasteiger charge is -2.05. The van der Waals surface area contributed by atoms with Crippen molar-refractivity contribution in [2.24, 2.45) is 0 Å². The van der Waals surface area contributed by atoms with Gasteiger partial charge in [-0.15, -0.1) is 0 Å². The van der Waals surface area contributed by atoms with E-state index in [2.05, 4.69) is 12.1 Å². The van der Waals surface area contributed by atoms with E-state index in [-0.39, 0.29) is 0 Å². The standard InChI is InChI=1S/C13H14O/c14-8-12-6-5-11(9-1-2-9)7-13(12)10-3-4-10/h5-10H,1-4H2. The van der Waals surface area contributed by atoms with E-state index in [9.17, 15) is 4.79 Å². The SMILES string of the molecule is O=Cc1ccc(C2CC2)cc1C1CC1. The van der Waals surface area contributed by atoms with Crippen molar-refractivity contribution in [3.8, 4) is 0 Å². The van der Waals surface area contributed by atoms with E-state index >= 15 is 0 Å². The van der Waals surface area contributed by atoms with Gasteiger partial charge < -0.3 is 0 Å². The van der Waals surface area contributed by atoms with E-state index in [1.165, 1.54) is 36.8 Å². The van der Waals surface area contributed by atoms with Crippen LogP contribution in [0.5, 0.6) is 0 Å². The third-order valence-corrected chi connectivity index (χ3v) is 3.30. The lowest BCUT2D eigenvalue weighted by Crippen LogP contribution is -1.92. The van der Waals surface area contributed by atoms with Crippen LogP contribution in [0.3, 0.4) is 0 Å². The number of carbonyl (C=O) groups is 1. The average molecular weight is 186 g/mol. The molecule has 0 atom stereocenters. The Morgan fingerprint density at radius 2 is 1.79 bits per heavy atom. The molecule has 0 saturated heterocycles. The first kappa shape index (κ1) is 8.22. The van der Waals surface area contributed by atoms with Gasteiger partial charge in [0.25, 0.3) is 0 Å². The Bertz CT molecular complexity index is 373. The van der Waals surface area contributed by atoms with Crippen molar-refractivity contribution in [2.45, 2.75) is 37.5 Å². The highest BCUT2D eigenvalue weighted by Gasteiger charge is 2.29. The molecule has 0 aliphatic heterocycles. The molecule has 0 unspecified atom stereocenters. The fourth-order valence-corrected chi connectivity index (χ4v) is 2.12. The Kier molecular flexibility index (Phi) is 1.73. The van der Waals surface area contributed by atoms with E-state index in [1.54, 1.807) is 0 Å². The van der Waals surface area contributed by atoms with Gasteiger partial charge in [-0.2, -0.15) is 0 Å². The molecule has 0 bridgehead atoms. The molecule has 0 radical (unpaired) electrons. The molecule has 1 aromatic rings. The van der Waals surface area contributed by atoms with Crippen molar-refractivity contribution in [3.63, 3.8) is 0 Å². The summed E-state index contributed by atoms with van der Waals surface area (Å²) in [6.07, 6.45) is 6.23. The first-order valence-electron chi connectivity index (χ1n) is 5.47. The van der Waals surface area contributed by atoms with Gasteiger partial charge in [-0.3, -0.25) is 4.79 Å². The molecular weight excluding hydrogens is 172 g/mol. The molecule has 14 heavy (non-hydrogen) atoms. The van der Waals surface area contributed by atoms with Crippen LogP contribution in [-0.4, -0.2) is 6.29 Å². The van der Waals surface area contributed by atoms with Gasteiger partial charge in [0.05, 0.1) is 0 Å². The van der Waals surface area contributed by atoms with Crippen LogP contribution in [0.2, 0.25) is 0 Å². The zero-order chi connectivity index (χ0) is 9.54. The minimum Gasteiger partial charge on any atom is -0.298 e. The second-order valence-corrected chi connectivity index (χ2v) is 4.55. The molecular formula is C13H14O. The summed E-state index contributed by atoms with van der Waals surface area (Å²) in [6.45, 7) is 0. The molecule has 1 nitrogen and oxygen atoms in total. The summed E-state index contributed by atoms with van der Waals surface area (Å²) >= 11 is 0. The normalized spacial score (nSPS) is 20.9. The summed E-state index contributed by atoms with van der Waals surface area (Å²) in [4.78, 5) is 10.9. The number of rotatable bonds is 3. The fourth-order valence-electron chi connectivity index (χ4n) is 2.12. The zero-order valence-corrected chi connectivity index (χ0v) is 8.20. The van der Waals surface area contributed by atoms with Crippen LogP contribution in [0.15, 0.2) is 18.2 Å². The van der Waals surface area contributed by atoms with Crippen molar-refractivity contribution < 1.29 is 4.79 Å². The van der Waals surface area contributed by atoms with E-state index in [1.807, 2.05) is 6.07 Å². The highest BCUT2D eigenvalue weighted by atomic mass is 16.1. The van der Waals surface area contributed by atoms with Gasteiger partial charge in [-0.05, 0) is 48.6 Å². The Morgan fingerprint density at radius 1 is 1.07 bits per heavy atom. The van der Waals surface area contributed by atoms with Gasteiger partial charge in [-0.25, -0.2) is 0 Å². The van der Waals surface area contributed by atoms with Crippen LogP contribution in [0.4, 0.5) is 0 Å². The van der Waals surface area contributed by atoms with Crippen molar-refractivity contribution in [1.29, 1.82) is 0 Å². The molecule has 1 aromatic carbocycles. The average Bonchev–Trinajstić information content (AvgIpc) is 3.05. The maximum atomic E-state index is 10.9. The van der Waals surface area contributed by atoms with Crippen molar-refractivity contribution >= 4 is 6.29 Å². The lowest BCUT2D eigenvalue weighted by atomic mass is 9.99. The van der Waals surface area contributed by atoms with Gasteiger partial charge in [0.2, 0.25) is 0 Å². The monoisotopic (exact) mass is 186 g/mol. The van der Waals surface area contributed by atoms with Gasteiger partial charge >= 0.3 is 0 Å². The summed E-state index contributed by atoms with van der Waals surface area (Å²) in [5.74, 6) is 1.49. The fraction of sp³-hybridized carbons (Fsp3) is 0.462. The number of hydrogen-bond acceptors (Lipinski definition) is 1. The summed E-state index contributed by atoms with van der Waals surface area (Å²) in [5.41, 5.74) is 3.68. The molecule has 0 aromatic heterocycles. The molecule has 0 heterocycles. The number of aldehydes is 1. The van der Waals surface area contributed by atoms with Crippen LogP contribution in [0, 0.1) is 0 Å². The first-order chi connectivity index (χ1) is 6.88. The molecule has 3 rings (SSSR count). The number of benzene rings is 1. The minimum absolute atomic E-state index is 0.689. The number of hydrogen-bond donors (Lipinski definition) is 0. The first-order valence-corrected chi connectivity index (χ1v) is 5.47. The molecule has 2 aliphatic rings. The highest BCUT2D eigenvalue weighted by molar-refractivity contribution is 5.78. The second kappa shape index (κ2) is 2.94. The number of carbonyl (C=O) groups excluding carboxylic acids is 1. The molecule has 2 aliphatic carbocycles. The van der Waals surface area contributed by atoms with Gasteiger partial charge in [0, 0.05) is 5.56 Å². The van der Waals surface area contributed by atoms with Crippen LogP contribution in [0.1, 0.15) is 59.0 Å². The van der Waals surface area contributed by atoms with Crippen LogP contribution >= 0.6 is 0 Å². The molecule has 72 valence electrons. The smallest absolute Gasteiger partial charge is 0.150 e. The summed E-state index contributed by atoms with van der Waals surface area (Å²) in [7, 11) is 0. The topological polar surface area (TPSA) is 17.1 Å². The molecule has 0 spiro atoms. The maximum absolute atomic E-state index is 10.9. The van der Waals surface area contributed by atoms with Crippen molar-refractivity contribution in [3.05, 3.63) is 34.9 Å². The van der Waals surface area contributed by atoms with Crippen LogP contribution in [-0.2, 0) is 0 Å². The van der Waals surface area contributed by atoms with Crippen LogP contribution in [0.25, 0.3) is 0 Å². The molecule has 1 heteroatoms. The maximum Gasteiger partial charge on any atom is 0.150 e. The molecule has 2 fully saturated rings. The van der Waals surface area contributed by atoms with E-state index < -0.39 is 0 Å². The van der Waals surface area contributed by atoms with Crippen LogP contribution < -0.4 is 0 Å². The minimum atomic E-state index is 0.689. The quantitative estimate of drug-likeness (QED) is 0.662. The Morgan fingerprint density at radius 3 is 2.36 bits per heavy atom. The van der Waals surface area contributed by atoms with Crippen molar-refractivity contribution in [1.82, 2.24) is 0 Å². The summed E-state index contributed by atoms with van der Waals surface area (Å²) < 4.78 is 0. The summed E-state index contributed by atoms with van der Waals surface area (Å²) in [6, 6.07) is 6.42. The van der Waals surface area contributed by atoms with E-state index in [4.69, 9.17) is 0 Å². The Hall–Kier alpha value is -1.11. The highest BCUT2D eigenvalue weighted by Crippen LogP contribution is 2.45. The second-order valence-electron chi connectivity index (χ2n) is 4.55. The third-order valence-electron chi connectivity index (χ3n) is 3.30. The molecule has 0 N–H and O–H groups in total. The van der Waals surface area contributed by atoms with E-state index in [0.29, 0.717) is 5.92 Å². The molecule has 2 saturated carbocycles. The summed E-state index contributed by atoms with van der Waals surface area (Å²) in [5, 5.41) is 0. The lowest BCUT2D eigenvalue weighted by molar-refractivity contribution is 0.112. The van der Waals surface area contributed by atoms with Gasteiger partial charge in [0.15, 0.2) is 0 Å². The Labute approximate surface area is 84.1 Å². The predicted octanol–water partition coefficient (Wildman–Crippen LogP) is 3.25. The third kappa shape index (κ3) is 1.37. The van der Waals surface area contributed by atoms with Crippen molar-refractivity contribution in [2.75, 3.05) is 0 Å². The zero-order valence-electron chi connectivity index (χ0n) is 8.20. The van der Waals surface area contributed by atoms with E-state index in [0.717, 1.165) is 17.8 Å². The van der Waals surface area contributed by atoms with Gasteiger partial charge in [0.1, 0.15) is 6.29 Å². The Balaban J connectivity index is 2.02. The molecule has 0 amide bonds. The largest absolute Gasteiger partial charge is 0.298 e. The predicted molar refractivity (Wildman–Crippen MR) is 55.8 cm³/mol. The van der Waals surface area contributed by atoms with Gasteiger partial charge in [-0.1, -0.05) is 18.2 Å².